The molecule has 4 heteroatoms. The van der Waals surface area contributed by atoms with Crippen molar-refractivity contribution in [2.75, 3.05) is 0 Å². The molecule has 1 heterocycles. The lowest BCUT2D eigenvalue weighted by Crippen LogP contribution is -2.10. The molecule has 0 aromatic carbocycles. The Morgan fingerprint density at radius 2 is 2.00 bits per heavy atom. The fourth-order valence-corrected chi connectivity index (χ4v) is 2.44. The molecule has 0 aromatic heterocycles. The van der Waals surface area contributed by atoms with Crippen LogP contribution < -0.4 is 5.73 Å². The molecule has 1 aliphatic heterocycles. The normalized spacial score (nSPS) is 17.5. The molecule has 0 atom stereocenters. The lowest BCUT2D eigenvalue weighted by atomic mass is 9.94. The van der Waals surface area contributed by atoms with E-state index in [9.17, 15) is 9.90 Å². The zero-order valence-corrected chi connectivity index (χ0v) is 15.1. The molecule has 1 rings (SSSR count). The molecule has 0 unspecified atom stereocenters. The summed E-state index contributed by atoms with van der Waals surface area (Å²) < 4.78 is 0. The van der Waals surface area contributed by atoms with Crippen molar-refractivity contribution in [1.29, 1.82) is 0 Å². The minimum absolute atomic E-state index is 0.226. The number of aliphatic hydroxyl groups is 1. The van der Waals surface area contributed by atoms with Crippen LogP contribution >= 0.6 is 0 Å². The Balaban J connectivity index is 3.21. The first-order valence-electron chi connectivity index (χ1n) is 8.27. The Morgan fingerprint density at radius 3 is 2.54 bits per heavy atom. The Labute approximate surface area is 144 Å². The Hall–Kier alpha value is -2.36. The highest BCUT2D eigenvalue weighted by Crippen LogP contribution is 2.23. The van der Waals surface area contributed by atoms with Gasteiger partial charge in [-0.15, -0.1) is 0 Å². The molecule has 0 bridgehead atoms. The maximum atomic E-state index is 11.2. The molecule has 0 aromatic rings. The monoisotopic (exact) mass is 328 g/mol. The van der Waals surface area contributed by atoms with E-state index in [1.165, 1.54) is 0 Å². The van der Waals surface area contributed by atoms with Crippen molar-refractivity contribution < 1.29 is 9.90 Å². The molecule has 0 fully saturated rings. The number of allylic oxidation sites excluding steroid dienone is 8. The molecule has 0 saturated carbocycles. The van der Waals surface area contributed by atoms with Crippen LogP contribution in [0.15, 0.2) is 63.5 Å². The molecule has 3 N–H and O–H groups in total. The third kappa shape index (κ3) is 6.41. The maximum Gasteiger partial charge on any atom is 0.217 e. The molecule has 1 aliphatic rings. The molecule has 0 aliphatic carbocycles. The van der Waals surface area contributed by atoms with Crippen molar-refractivity contribution in [2.45, 2.75) is 53.4 Å². The summed E-state index contributed by atoms with van der Waals surface area (Å²) in [4.78, 5) is 15.6. The number of amides is 1. The molecule has 0 spiro atoms. The first kappa shape index (κ1) is 19.7. The van der Waals surface area contributed by atoms with Crippen LogP contribution in [-0.4, -0.2) is 16.7 Å². The van der Waals surface area contributed by atoms with Crippen LogP contribution in [0.4, 0.5) is 0 Å². The fraction of sp³-hybridized carbons (Fsp3) is 0.400. The van der Waals surface area contributed by atoms with Crippen molar-refractivity contribution in [3.63, 3.8) is 0 Å². The number of carbonyl (C=O) groups excluding carboxylic acids is 1. The van der Waals surface area contributed by atoms with Gasteiger partial charge in [-0.05, 0) is 81.4 Å². The molecular weight excluding hydrogens is 300 g/mol. The molecule has 4 nitrogen and oxygen atoms in total. The van der Waals surface area contributed by atoms with Gasteiger partial charge in [0.1, 0.15) is 5.76 Å². The minimum Gasteiger partial charge on any atom is -0.508 e. The van der Waals surface area contributed by atoms with Gasteiger partial charge >= 0.3 is 0 Å². The first-order valence-corrected chi connectivity index (χ1v) is 8.27. The summed E-state index contributed by atoms with van der Waals surface area (Å²) in [6.07, 6.45) is 12.1. The predicted octanol–water partition coefficient (Wildman–Crippen LogP) is 4.67. The van der Waals surface area contributed by atoms with Crippen molar-refractivity contribution in [1.82, 2.24) is 0 Å². The summed E-state index contributed by atoms with van der Waals surface area (Å²) in [6.45, 7) is 7.77. The van der Waals surface area contributed by atoms with Crippen LogP contribution in [0.1, 0.15) is 53.4 Å². The summed E-state index contributed by atoms with van der Waals surface area (Å²) in [5.41, 5.74) is 10.5. The van der Waals surface area contributed by atoms with E-state index in [1.807, 2.05) is 27.0 Å². The molecule has 0 saturated heterocycles. The highest BCUT2D eigenvalue weighted by molar-refractivity contribution is 6.00. The zero-order valence-electron chi connectivity index (χ0n) is 15.1. The second-order valence-electron chi connectivity index (χ2n) is 5.98. The molecule has 24 heavy (non-hydrogen) atoms. The zero-order chi connectivity index (χ0) is 18.1. The Morgan fingerprint density at radius 1 is 1.29 bits per heavy atom. The number of nitrogens with two attached hydrogens (primary N) is 1. The standard InChI is InChI=1S/C20H28N2O2/c1-5-18(23)13-14(2)16(4)17(9-10-20(21)24)12-15(3)19-8-6-7-11-22-19/h5,7,11-13,23H,6,8-10H2,1-4H3,(H2,21,24)/b14-13+,15-12+,17-16+,18-5+. The second kappa shape index (κ2) is 9.71. The minimum atomic E-state index is -0.317. The molecule has 1 amide bonds. The fourth-order valence-electron chi connectivity index (χ4n) is 2.44. The second-order valence-corrected chi connectivity index (χ2v) is 5.98. The third-order valence-electron chi connectivity index (χ3n) is 4.10. The van der Waals surface area contributed by atoms with E-state index in [2.05, 4.69) is 17.1 Å². The van der Waals surface area contributed by atoms with Crippen molar-refractivity contribution in [2.24, 2.45) is 10.7 Å². The number of carbonyl (C=O) groups is 1. The lowest BCUT2D eigenvalue weighted by Gasteiger charge is -2.13. The van der Waals surface area contributed by atoms with E-state index in [1.54, 1.807) is 19.1 Å². The maximum absolute atomic E-state index is 11.2. The largest absolute Gasteiger partial charge is 0.508 e. The van der Waals surface area contributed by atoms with Crippen LogP contribution in [0.2, 0.25) is 0 Å². The quantitative estimate of drug-likeness (QED) is 0.526. The SMILES string of the molecule is C\C=C(O)/C=C(C)/C(C)=C(/C=C(\C)C1=NC=CCC1)CCC(N)=O. The first-order chi connectivity index (χ1) is 11.3. The van der Waals surface area contributed by atoms with Crippen LogP contribution in [0.3, 0.4) is 0 Å². The Kier molecular flexibility index (Phi) is 7.96. The highest BCUT2D eigenvalue weighted by Gasteiger charge is 2.09. The van der Waals surface area contributed by atoms with Gasteiger partial charge in [-0.25, -0.2) is 0 Å². The number of aliphatic imine (C=N–C) groups is 1. The summed E-state index contributed by atoms with van der Waals surface area (Å²) in [6, 6.07) is 0. The molecule has 130 valence electrons. The smallest absolute Gasteiger partial charge is 0.217 e. The van der Waals surface area contributed by atoms with Gasteiger partial charge in [0.25, 0.3) is 0 Å². The van der Waals surface area contributed by atoms with Gasteiger partial charge in [-0.2, -0.15) is 0 Å². The van der Waals surface area contributed by atoms with Gasteiger partial charge in [-0.1, -0.05) is 12.2 Å². The van der Waals surface area contributed by atoms with E-state index in [4.69, 9.17) is 5.73 Å². The number of hydrogen-bond donors (Lipinski definition) is 2. The molecule has 0 radical (unpaired) electrons. The van der Waals surface area contributed by atoms with Crippen molar-refractivity contribution in [3.8, 4) is 0 Å². The number of hydrogen-bond acceptors (Lipinski definition) is 3. The van der Waals surface area contributed by atoms with Gasteiger partial charge in [-0.3, -0.25) is 9.79 Å². The Bertz CT molecular complexity index is 659. The highest BCUT2D eigenvalue weighted by atomic mass is 16.3. The number of rotatable bonds is 7. The summed E-state index contributed by atoms with van der Waals surface area (Å²) in [7, 11) is 0. The van der Waals surface area contributed by atoms with E-state index in [0.717, 1.165) is 40.8 Å². The van der Waals surface area contributed by atoms with E-state index in [0.29, 0.717) is 12.8 Å². The lowest BCUT2D eigenvalue weighted by molar-refractivity contribution is -0.117. The van der Waals surface area contributed by atoms with E-state index < -0.39 is 0 Å². The molecular formula is C20H28N2O2. The van der Waals surface area contributed by atoms with Crippen LogP contribution in [0, 0.1) is 0 Å². The summed E-state index contributed by atoms with van der Waals surface area (Å²) in [5, 5.41) is 9.71. The third-order valence-corrected chi connectivity index (χ3v) is 4.10. The topological polar surface area (TPSA) is 75.7 Å². The average molecular weight is 328 g/mol. The van der Waals surface area contributed by atoms with Gasteiger partial charge in [0, 0.05) is 18.3 Å². The van der Waals surface area contributed by atoms with E-state index in [-0.39, 0.29) is 11.7 Å². The number of aliphatic hydroxyl groups excluding tert-OH is 1. The predicted molar refractivity (Wildman–Crippen MR) is 101 cm³/mol. The van der Waals surface area contributed by atoms with Crippen molar-refractivity contribution in [3.05, 3.63) is 58.6 Å². The number of nitrogens with zero attached hydrogens (tertiary/aromatic N) is 1. The van der Waals surface area contributed by atoms with Gasteiger partial charge in [0.05, 0.1) is 0 Å². The van der Waals surface area contributed by atoms with Crippen LogP contribution in [-0.2, 0) is 4.79 Å². The van der Waals surface area contributed by atoms with Gasteiger partial charge in [0.2, 0.25) is 5.91 Å². The summed E-state index contributed by atoms with van der Waals surface area (Å²) in [5.74, 6) is -0.0918. The average Bonchev–Trinajstić information content (AvgIpc) is 2.58. The van der Waals surface area contributed by atoms with E-state index >= 15 is 0 Å². The van der Waals surface area contributed by atoms with Crippen LogP contribution in [0.5, 0.6) is 0 Å². The van der Waals surface area contributed by atoms with Gasteiger partial charge < -0.3 is 10.8 Å². The van der Waals surface area contributed by atoms with Crippen molar-refractivity contribution >= 4 is 11.6 Å². The van der Waals surface area contributed by atoms with Gasteiger partial charge in [0.15, 0.2) is 0 Å². The number of primary amides is 1. The van der Waals surface area contributed by atoms with Crippen LogP contribution in [0.25, 0.3) is 0 Å². The summed E-state index contributed by atoms with van der Waals surface area (Å²) >= 11 is 0.